The molecule has 2 N–H and O–H groups in total. The maximum absolute atomic E-state index is 12.8. The molecule has 30 heavy (non-hydrogen) atoms. The first-order valence-electron chi connectivity index (χ1n) is 10.2. The van der Waals surface area contributed by atoms with Gasteiger partial charge in [0.25, 0.3) is 5.91 Å². The van der Waals surface area contributed by atoms with Gasteiger partial charge in [-0.25, -0.2) is 0 Å². The van der Waals surface area contributed by atoms with E-state index in [1.807, 2.05) is 59.5 Å². The molecule has 0 aliphatic carbocycles. The molecule has 0 aromatic heterocycles. The van der Waals surface area contributed by atoms with Crippen molar-refractivity contribution in [1.29, 1.82) is 0 Å². The predicted octanol–water partition coefficient (Wildman–Crippen LogP) is 2.80. The average Bonchev–Trinajstić information content (AvgIpc) is 3.14. The fourth-order valence-corrected chi connectivity index (χ4v) is 5.21. The topological polar surface area (TPSA) is 83.7 Å². The van der Waals surface area contributed by atoms with Crippen LogP contribution in [0.15, 0.2) is 54.6 Å². The lowest BCUT2D eigenvalue weighted by atomic mass is 9.96. The van der Waals surface area contributed by atoms with E-state index in [-0.39, 0.29) is 29.0 Å². The van der Waals surface area contributed by atoms with Gasteiger partial charge in [-0.05, 0) is 36.1 Å². The minimum atomic E-state index is -0.282. The standard InChI is InChI=1S/C23H25N3O3S/c24-21(28)17-10-12-25(13-11-17)22(29)18-6-8-19(9-7-18)23-26(20(27)15-30-23)14-16-4-2-1-3-5-16/h1-9,17,23H,10-15H2,(H2,24,28). The fourth-order valence-electron chi connectivity index (χ4n) is 4.02. The fraction of sp³-hybridized carbons (Fsp3) is 0.348. The molecular formula is C23H25N3O3S. The zero-order chi connectivity index (χ0) is 21.1. The third kappa shape index (κ3) is 4.36. The number of rotatable bonds is 5. The molecule has 1 unspecified atom stereocenters. The number of benzene rings is 2. The second-order valence-corrected chi connectivity index (χ2v) is 8.83. The summed E-state index contributed by atoms with van der Waals surface area (Å²) in [4.78, 5) is 40.2. The van der Waals surface area contributed by atoms with Gasteiger partial charge < -0.3 is 15.5 Å². The van der Waals surface area contributed by atoms with E-state index in [0.717, 1.165) is 11.1 Å². The number of nitrogens with zero attached hydrogens (tertiary/aromatic N) is 2. The number of carbonyl (C=O) groups excluding carboxylic acids is 3. The van der Waals surface area contributed by atoms with Crippen molar-refractivity contribution in [2.75, 3.05) is 18.8 Å². The van der Waals surface area contributed by atoms with E-state index in [1.165, 1.54) is 0 Å². The van der Waals surface area contributed by atoms with Crippen LogP contribution in [0.4, 0.5) is 0 Å². The van der Waals surface area contributed by atoms with Crippen molar-refractivity contribution in [3.63, 3.8) is 0 Å². The van der Waals surface area contributed by atoms with Gasteiger partial charge in [-0.3, -0.25) is 14.4 Å². The molecule has 4 rings (SSSR count). The summed E-state index contributed by atoms with van der Waals surface area (Å²) in [5.41, 5.74) is 8.12. The van der Waals surface area contributed by atoms with Crippen LogP contribution in [0.5, 0.6) is 0 Å². The Balaban J connectivity index is 1.43. The molecule has 7 heteroatoms. The van der Waals surface area contributed by atoms with Crippen molar-refractivity contribution < 1.29 is 14.4 Å². The number of amides is 3. The van der Waals surface area contributed by atoms with Gasteiger partial charge in [-0.15, -0.1) is 11.8 Å². The average molecular weight is 424 g/mol. The number of piperidine rings is 1. The number of nitrogens with two attached hydrogens (primary N) is 1. The molecule has 2 heterocycles. The van der Waals surface area contributed by atoms with Crippen molar-refractivity contribution in [3.05, 3.63) is 71.3 Å². The number of likely N-dealkylation sites (tertiary alicyclic amines) is 1. The summed E-state index contributed by atoms with van der Waals surface area (Å²) in [7, 11) is 0. The number of hydrogen-bond donors (Lipinski definition) is 1. The zero-order valence-electron chi connectivity index (χ0n) is 16.7. The molecule has 0 saturated carbocycles. The highest BCUT2D eigenvalue weighted by atomic mass is 32.2. The van der Waals surface area contributed by atoms with Crippen molar-refractivity contribution >= 4 is 29.5 Å². The summed E-state index contributed by atoms with van der Waals surface area (Å²) in [6.07, 6.45) is 1.24. The van der Waals surface area contributed by atoms with E-state index in [4.69, 9.17) is 5.73 Å². The van der Waals surface area contributed by atoms with Gasteiger partial charge in [0.05, 0.1) is 5.75 Å². The number of carbonyl (C=O) groups is 3. The Morgan fingerprint density at radius 2 is 1.67 bits per heavy atom. The maximum atomic E-state index is 12.8. The van der Waals surface area contributed by atoms with Gasteiger partial charge in [-0.1, -0.05) is 42.5 Å². The summed E-state index contributed by atoms with van der Waals surface area (Å²) in [5, 5.41) is -0.0480. The molecule has 2 saturated heterocycles. The van der Waals surface area contributed by atoms with Crippen molar-refractivity contribution in [2.24, 2.45) is 11.7 Å². The van der Waals surface area contributed by atoms with Gasteiger partial charge in [0.15, 0.2) is 0 Å². The molecular weight excluding hydrogens is 398 g/mol. The Morgan fingerprint density at radius 1 is 1.00 bits per heavy atom. The minimum Gasteiger partial charge on any atom is -0.369 e. The molecule has 2 aromatic carbocycles. The normalized spacial score (nSPS) is 19.9. The Morgan fingerprint density at radius 3 is 2.30 bits per heavy atom. The Kier molecular flexibility index (Phi) is 6.08. The van der Waals surface area contributed by atoms with E-state index in [1.54, 1.807) is 16.7 Å². The lowest BCUT2D eigenvalue weighted by molar-refractivity contribution is -0.128. The number of hydrogen-bond acceptors (Lipinski definition) is 4. The summed E-state index contributed by atoms with van der Waals surface area (Å²) >= 11 is 1.61. The molecule has 0 bridgehead atoms. The smallest absolute Gasteiger partial charge is 0.253 e. The maximum Gasteiger partial charge on any atom is 0.253 e. The van der Waals surface area contributed by atoms with Crippen LogP contribution in [0.3, 0.4) is 0 Å². The largest absolute Gasteiger partial charge is 0.369 e. The van der Waals surface area contributed by atoms with Crippen LogP contribution in [-0.2, 0) is 16.1 Å². The first kappa shape index (κ1) is 20.5. The third-order valence-electron chi connectivity index (χ3n) is 5.79. The van der Waals surface area contributed by atoms with Crippen molar-refractivity contribution in [1.82, 2.24) is 9.80 Å². The summed E-state index contributed by atoms with van der Waals surface area (Å²) in [6, 6.07) is 17.5. The Bertz CT molecular complexity index is 924. The Labute approximate surface area is 180 Å². The highest BCUT2D eigenvalue weighted by Gasteiger charge is 2.33. The van der Waals surface area contributed by atoms with Crippen LogP contribution < -0.4 is 5.73 Å². The Hall–Kier alpha value is -2.80. The monoisotopic (exact) mass is 423 g/mol. The number of thioether (sulfide) groups is 1. The molecule has 2 fully saturated rings. The van der Waals surface area contributed by atoms with E-state index < -0.39 is 0 Å². The molecule has 6 nitrogen and oxygen atoms in total. The van der Waals surface area contributed by atoms with E-state index in [0.29, 0.717) is 43.8 Å². The summed E-state index contributed by atoms with van der Waals surface area (Å²) in [5.74, 6) is 0.152. The quantitative estimate of drug-likeness (QED) is 0.802. The lowest BCUT2D eigenvalue weighted by Gasteiger charge is -2.30. The molecule has 0 radical (unpaired) electrons. The van der Waals surface area contributed by atoms with Crippen molar-refractivity contribution in [3.8, 4) is 0 Å². The van der Waals surface area contributed by atoms with Gasteiger partial charge >= 0.3 is 0 Å². The molecule has 0 spiro atoms. The van der Waals surface area contributed by atoms with Crippen LogP contribution in [0.25, 0.3) is 0 Å². The molecule has 156 valence electrons. The first-order valence-corrected chi connectivity index (χ1v) is 11.2. The SMILES string of the molecule is NC(=O)C1CCN(C(=O)c2ccc(C3SCC(=O)N3Cc3ccccc3)cc2)CC1. The van der Waals surface area contributed by atoms with Gasteiger partial charge in [-0.2, -0.15) is 0 Å². The highest BCUT2D eigenvalue weighted by Crippen LogP contribution is 2.39. The van der Waals surface area contributed by atoms with Gasteiger partial charge in [0.2, 0.25) is 11.8 Å². The third-order valence-corrected chi connectivity index (χ3v) is 7.05. The molecule has 1 atom stereocenters. The van der Waals surface area contributed by atoms with Gasteiger partial charge in [0.1, 0.15) is 5.37 Å². The number of primary amides is 1. The van der Waals surface area contributed by atoms with E-state index in [9.17, 15) is 14.4 Å². The molecule has 2 aliphatic heterocycles. The molecule has 2 aliphatic rings. The first-order chi connectivity index (χ1) is 14.5. The minimum absolute atomic E-state index is 0.0271. The van der Waals surface area contributed by atoms with Crippen molar-refractivity contribution in [2.45, 2.75) is 24.8 Å². The molecule has 2 aromatic rings. The molecule has 3 amide bonds. The lowest BCUT2D eigenvalue weighted by Crippen LogP contribution is -2.41. The highest BCUT2D eigenvalue weighted by molar-refractivity contribution is 8.00. The summed E-state index contributed by atoms with van der Waals surface area (Å²) in [6.45, 7) is 1.67. The zero-order valence-corrected chi connectivity index (χ0v) is 17.5. The summed E-state index contributed by atoms with van der Waals surface area (Å²) < 4.78 is 0. The second kappa shape index (κ2) is 8.92. The second-order valence-electron chi connectivity index (χ2n) is 7.76. The van der Waals surface area contributed by atoms with Crippen LogP contribution in [0.2, 0.25) is 0 Å². The van der Waals surface area contributed by atoms with E-state index in [2.05, 4.69) is 0 Å². The predicted molar refractivity (Wildman–Crippen MR) is 116 cm³/mol. The van der Waals surface area contributed by atoms with Gasteiger partial charge in [0, 0.05) is 31.1 Å². The van der Waals surface area contributed by atoms with Crippen LogP contribution in [0, 0.1) is 5.92 Å². The van der Waals surface area contributed by atoms with Crippen LogP contribution >= 0.6 is 11.8 Å². The van der Waals surface area contributed by atoms with E-state index >= 15 is 0 Å². The van der Waals surface area contributed by atoms with Crippen LogP contribution in [0.1, 0.15) is 39.7 Å². The van der Waals surface area contributed by atoms with Crippen LogP contribution in [-0.4, -0.2) is 46.4 Å².